The first-order valence-corrected chi connectivity index (χ1v) is 4.21. The van der Waals surface area contributed by atoms with Gasteiger partial charge in [-0.2, -0.15) is 0 Å². The van der Waals surface area contributed by atoms with Gasteiger partial charge in [0.15, 0.2) is 0 Å². The molecular formula is C8H7BrN2. The van der Waals surface area contributed by atoms with Gasteiger partial charge >= 0.3 is 0 Å². The van der Waals surface area contributed by atoms with E-state index >= 15 is 0 Å². The largest absolute Gasteiger partial charge is 0.396 e. The molecule has 0 bridgehead atoms. The Bertz CT molecular complexity index is 298. The molecule has 3 heteroatoms. The lowest BCUT2D eigenvalue weighted by Gasteiger charge is -1.93. The van der Waals surface area contributed by atoms with Crippen molar-refractivity contribution in [2.75, 3.05) is 11.1 Å². The zero-order chi connectivity index (χ0) is 8.10. The van der Waals surface area contributed by atoms with Crippen LogP contribution in [0.15, 0.2) is 18.5 Å². The van der Waals surface area contributed by atoms with Gasteiger partial charge in [0.1, 0.15) is 0 Å². The molecule has 2 nitrogen and oxygen atoms in total. The van der Waals surface area contributed by atoms with E-state index in [2.05, 4.69) is 32.8 Å². The predicted octanol–water partition coefficient (Wildman–Crippen LogP) is 1.41. The van der Waals surface area contributed by atoms with Crippen LogP contribution in [0.5, 0.6) is 0 Å². The van der Waals surface area contributed by atoms with Crippen LogP contribution in [0.3, 0.4) is 0 Å². The van der Waals surface area contributed by atoms with Crippen molar-refractivity contribution in [1.82, 2.24) is 4.98 Å². The fourth-order valence-corrected chi connectivity index (χ4v) is 0.789. The second kappa shape index (κ2) is 3.99. The van der Waals surface area contributed by atoms with Crippen LogP contribution in [-0.4, -0.2) is 10.3 Å². The van der Waals surface area contributed by atoms with E-state index in [0.717, 1.165) is 5.56 Å². The standard InChI is InChI=1S/C8H7BrN2/c9-4-1-2-7-3-5-11-6-8(7)10/h3,5-6H,4,10H2. The minimum atomic E-state index is 0.626. The Labute approximate surface area is 74.0 Å². The van der Waals surface area contributed by atoms with Gasteiger partial charge in [-0.05, 0) is 6.07 Å². The molecule has 1 heterocycles. The smallest absolute Gasteiger partial charge is 0.0659 e. The summed E-state index contributed by atoms with van der Waals surface area (Å²) in [5, 5.41) is 0.661. The van der Waals surface area contributed by atoms with Crippen LogP contribution in [0.2, 0.25) is 0 Å². The van der Waals surface area contributed by atoms with Gasteiger partial charge in [-0.3, -0.25) is 4.98 Å². The molecule has 1 aromatic rings. The summed E-state index contributed by atoms with van der Waals surface area (Å²) in [7, 11) is 0. The Morgan fingerprint density at radius 3 is 3.09 bits per heavy atom. The van der Waals surface area contributed by atoms with E-state index in [0.29, 0.717) is 11.0 Å². The van der Waals surface area contributed by atoms with Gasteiger partial charge in [-0.15, -0.1) is 0 Å². The van der Waals surface area contributed by atoms with E-state index in [-0.39, 0.29) is 0 Å². The molecule has 2 N–H and O–H groups in total. The molecule has 0 aliphatic heterocycles. The average Bonchev–Trinajstić information content (AvgIpc) is 2.03. The minimum absolute atomic E-state index is 0.626. The Kier molecular flexibility index (Phi) is 2.94. The first-order chi connectivity index (χ1) is 5.34. The van der Waals surface area contributed by atoms with Crippen molar-refractivity contribution in [2.24, 2.45) is 0 Å². The van der Waals surface area contributed by atoms with Crippen molar-refractivity contribution >= 4 is 21.6 Å². The lowest BCUT2D eigenvalue weighted by atomic mass is 10.2. The van der Waals surface area contributed by atoms with Gasteiger partial charge in [0.2, 0.25) is 0 Å². The maximum Gasteiger partial charge on any atom is 0.0659 e. The van der Waals surface area contributed by atoms with Gasteiger partial charge in [0.05, 0.1) is 22.8 Å². The summed E-state index contributed by atoms with van der Waals surface area (Å²) >= 11 is 3.20. The van der Waals surface area contributed by atoms with Gasteiger partial charge < -0.3 is 5.73 Å². The van der Waals surface area contributed by atoms with Crippen LogP contribution in [0.1, 0.15) is 5.56 Å². The van der Waals surface area contributed by atoms with Crippen molar-refractivity contribution in [2.45, 2.75) is 0 Å². The first-order valence-electron chi connectivity index (χ1n) is 3.09. The topological polar surface area (TPSA) is 38.9 Å². The van der Waals surface area contributed by atoms with Crippen LogP contribution >= 0.6 is 15.9 Å². The predicted molar refractivity (Wildman–Crippen MR) is 49.3 cm³/mol. The minimum Gasteiger partial charge on any atom is -0.396 e. The van der Waals surface area contributed by atoms with E-state index in [9.17, 15) is 0 Å². The van der Waals surface area contributed by atoms with Crippen LogP contribution in [0.25, 0.3) is 0 Å². The summed E-state index contributed by atoms with van der Waals surface area (Å²) in [6.45, 7) is 0. The molecule has 0 radical (unpaired) electrons. The zero-order valence-corrected chi connectivity index (χ0v) is 7.43. The molecule has 11 heavy (non-hydrogen) atoms. The second-order valence-electron chi connectivity index (χ2n) is 1.90. The molecule has 0 atom stereocenters. The summed E-state index contributed by atoms with van der Waals surface area (Å²) in [5.41, 5.74) is 7.04. The Morgan fingerprint density at radius 2 is 2.45 bits per heavy atom. The molecule has 0 saturated carbocycles. The van der Waals surface area contributed by atoms with Gasteiger partial charge in [0.25, 0.3) is 0 Å². The van der Waals surface area contributed by atoms with E-state index in [1.54, 1.807) is 18.5 Å². The Hall–Kier alpha value is -1.01. The van der Waals surface area contributed by atoms with Crippen LogP contribution < -0.4 is 5.73 Å². The molecule has 1 aromatic heterocycles. The quantitative estimate of drug-likeness (QED) is 0.520. The number of hydrogen-bond acceptors (Lipinski definition) is 2. The molecule has 0 saturated heterocycles. The molecule has 0 spiro atoms. The molecule has 1 rings (SSSR count). The number of nitrogens with zero attached hydrogens (tertiary/aromatic N) is 1. The third kappa shape index (κ3) is 2.24. The van der Waals surface area contributed by atoms with Crippen molar-refractivity contribution in [3.8, 4) is 11.8 Å². The molecule has 56 valence electrons. The SMILES string of the molecule is Nc1cnccc1C#CCBr. The third-order valence-corrected chi connectivity index (χ3v) is 1.42. The number of anilines is 1. The number of rotatable bonds is 0. The molecule has 0 fully saturated rings. The van der Waals surface area contributed by atoms with E-state index < -0.39 is 0 Å². The molecule has 0 aliphatic rings. The number of nitrogens with two attached hydrogens (primary N) is 1. The molecule has 0 unspecified atom stereocenters. The number of nitrogen functional groups attached to an aromatic ring is 1. The highest BCUT2D eigenvalue weighted by molar-refractivity contribution is 9.09. The fourth-order valence-electron chi connectivity index (χ4n) is 0.649. The highest BCUT2D eigenvalue weighted by Gasteiger charge is 1.90. The molecule has 0 aromatic carbocycles. The van der Waals surface area contributed by atoms with Crippen molar-refractivity contribution in [3.63, 3.8) is 0 Å². The zero-order valence-electron chi connectivity index (χ0n) is 5.84. The molecular weight excluding hydrogens is 204 g/mol. The second-order valence-corrected chi connectivity index (χ2v) is 2.46. The monoisotopic (exact) mass is 210 g/mol. The average molecular weight is 211 g/mol. The number of halogens is 1. The van der Waals surface area contributed by atoms with Crippen LogP contribution in [-0.2, 0) is 0 Å². The summed E-state index contributed by atoms with van der Waals surface area (Å²) < 4.78 is 0. The molecule has 0 amide bonds. The highest BCUT2D eigenvalue weighted by atomic mass is 79.9. The first kappa shape index (κ1) is 8.09. The van der Waals surface area contributed by atoms with Gasteiger partial charge in [-0.25, -0.2) is 0 Å². The van der Waals surface area contributed by atoms with Gasteiger partial charge in [-0.1, -0.05) is 27.8 Å². The number of pyridine rings is 1. The highest BCUT2D eigenvalue weighted by Crippen LogP contribution is 2.05. The van der Waals surface area contributed by atoms with Crippen LogP contribution in [0.4, 0.5) is 5.69 Å². The summed E-state index contributed by atoms with van der Waals surface area (Å²) in [5.74, 6) is 5.76. The number of aromatic nitrogens is 1. The van der Waals surface area contributed by atoms with Crippen molar-refractivity contribution in [3.05, 3.63) is 24.0 Å². The maximum absolute atomic E-state index is 5.58. The molecule has 0 aliphatic carbocycles. The van der Waals surface area contributed by atoms with Crippen molar-refractivity contribution in [1.29, 1.82) is 0 Å². The summed E-state index contributed by atoms with van der Waals surface area (Å²) in [6, 6.07) is 1.80. The Balaban J connectivity index is 2.95. The lowest BCUT2D eigenvalue weighted by Crippen LogP contribution is -1.90. The third-order valence-electron chi connectivity index (χ3n) is 1.14. The maximum atomic E-state index is 5.58. The van der Waals surface area contributed by atoms with Gasteiger partial charge in [0, 0.05) is 6.20 Å². The Morgan fingerprint density at radius 1 is 1.64 bits per heavy atom. The van der Waals surface area contributed by atoms with Crippen molar-refractivity contribution < 1.29 is 0 Å². The fraction of sp³-hybridized carbons (Fsp3) is 0.125. The number of hydrogen-bond donors (Lipinski definition) is 1. The van der Waals surface area contributed by atoms with Crippen LogP contribution in [0, 0.1) is 11.8 Å². The van der Waals surface area contributed by atoms with E-state index in [1.807, 2.05) is 0 Å². The summed E-state index contributed by atoms with van der Waals surface area (Å²) in [6.07, 6.45) is 3.27. The summed E-state index contributed by atoms with van der Waals surface area (Å²) in [4.78, 5) is 3.85. The normalized spacial score (nSPS) is 8.45. The van der Waals surface area contributed by atoms with E-state index in [4.69, 9.17) is 5.73 Å². The van der Waals surface area contributed by atoms with E-state index in [1.165, 1.54) is 0 Å². The number of alkyl halides is 1. The lowest BCUT2D eigenvalue weighted by molar-refractivity contribution is 1.32.